The van der Waals surface area contributed by atoms with Gasteiger partial charge >= 0.3 is 0 Å². The topological polar surface area (TPSA) is 25.8 Å². The summed E-state index contributed by atoms with van der Waals surface area (Å²) in [5.74, 6) is 0.663. The molecular weight excluding hydrogens is 280 g/mol. The lowest BCUT2D eigenvalue weighted by molar-refractivity contribution is 1.23. The summed E-state index contributed by atoms with van der Waals surface area (Å²) in [6, 6.07) is 22.1. The van der Waals surface area contributed by atoms with Gasteiger partial charge in [-0.15, -0.1) is 0 Å². The van der Waals surface area contributed by atoms with Gasteiger partial charge in [-0.3, -0.25) is 0 Å². The molecule has 0 unspecified atom stereocenters. The second-order valence-electron chi connectivity index (χ2n) is 4.88. The molecule has 2 nitrogen and oxygen atoms in total. The molecule has 0 radical (unpaired) electrons. The van der Waals surface area contributed by atoms with Gasteiger partial charge in [0.25, 0.3) is 0 Å². The fourth-order valence-electron chi connectivity index (χ4n) is 2.58. The number of benzene rings is 3. The Kier molecular flexibility index (Phi) is 2.83. The molecule has 4 aromatic rings. The Labute approximate surface area is 127 Å². The first-order chi connectivity index (χ1) is 10.3. The SMILES string of the molecule is Clc1nc(-c2cccc3ccccc23)nc2ccccc12. The second kappa shape index (κ2) is 4.83. The smallest absolute Gasteiger partial charge is 0.162 e. The number of halogens is 1. The zero-order valence-electron chi connectivity index (χ0n) is 11.1. The van der Waals surface area contributed by atoms with Crippen molar-refractivity contribution in [1.82, 2.24) is 9.97 Å². The molecule has 100 valence electrons. The fourth-order valence-corrected chi connectivity index (χ4v) is 2.82. The van der Waals surface area contributed by atoms with Gasteiger partial charge in [0.1, 0.15) is 5.15 Å². The number of para-hydroxylation sites is 1. The Bertz CT molecular complexity index is 958. The van der Waals surface area contributed by atoms with Crippen molar-refractivity contribution in [2.75, 3.05) is 0 Å². The highest BCUT2D eigenvalue weighted by Gasteiger charge is 2.10. The number of fused-ring (bicyclic) bond motifs is 2. The molecule has 0 aliphatic rings. The Morgan fingerprint density at radius 1 is 0.667 bits per heavy atom. The third kappa shape index (κ3) is 2.05. The lowest BCUT2D eigenvalue weighted by Gasteiger charge is -2.07. The molecule has 3 aromatic carbocycles. The van der Waals surface area contributed by atoms with E-state index in [0.717, 1.165) is 21.9 Å². The minimum Gasteiger partial charge on any atom is -0.228 e. The maximum absolute atomic E-state index is 6.31. The van der Waals surface area contributed by atoms with E-state index in [-0.39, 0.29) is 0 Å². The van der Waals surface area contributed by atoms with Crippen LogP contribution >= 0.6 is 11.6 Å². The van der Waals surface area contributed by atoms with Gasteiger partial charge in [0.2, 0.25) is 0 Å². The molecular formula is C18H11ClN2. The largest absolute Gasteiger partial charge is 0.228 e. The summed E-state index contributed by atoms with van der Waals surface area (Å²) >= 11 is 6.31. The van der Waals surface area contributed by atoms with Gasteiger partial charge < -0.3 is 0 Å². The zero-order valence-corrected chi connectivity index (χ0v) is 11.9. The van der Waals surface area contributed by atoms with Crippen molar-refractivity contribution in [2.24, 2.45) is 0 Å². The molecule has 0 aliphatic heterocycles. The Hall–Kier alpha value is -2.45. The third-order valence-electron chi connectivity index (χ3n) is 3.59. The van der Waals surface area contributed by atoms with Crippen LogP contribution in [0, 0.1) is 0 Å². The maximum atomic E-state index is 6.31. The summed E-state index contributed by atoms with van der Waals surface area (Å²) < 4.78 is 0. The molecule has 1 heterocycles. The van der Waals surface area contributed by atoms with Crippen LogP contribution in [0.2, 0.25) is 5.15 Å². The Balaban J connectivity index is 2.05. The number of hydrogen-bond donors (Lipinski definition) is 0. The van der Waals surface area contributed by atoms with E-state index >= 15 is 0 Å². The number of nitrogens with zero attached hydrogens (tertiary/aromatic N) is 2. The summed E-state index contributed by atoms with van der Waals surface area (Å²) in [6.07, 6.45) is 0. The van der Waals surface area contributed by atoms with Gasteiger partial charge in [-0.05, 0) is 22.9 Å². The molecule has 0 fully saturated rings. The van der Waals surface area contributed by atoms with E-state index in [1.54, 1.807) is 0 Å². The summed E-state index contributed by atoms with van der Waals surface area (Å²) in [6.45, 7) is 0. The predicted molar refractivity (Wildman–Crippen MR) is 87.5 cm³/mol. The van der Waals surface area contributed by atoms with Crippen molar-refractivity contribution in [3.05, 3.63) is 71.9 Å². The molecule has 0 saturated heterocycles. The van der Waals surface area contributed by atoms with Crippen LogP contribution in [0.1, 0.15) is 0 Å². The molecule has 21 heavy (non-hydrogen) atoms. The van der Waals surface area contributed by atoms with Crippen molar-refractivity contribution in [2.45, 2.75) is 0 Å². The van der Waals surface area contributed by atoms with Crippen molar-refractivity contribution in [3.8, 4) is 11.4 Å². The van der Waals surface area contributed by atoms with E-state index in [9.17, 15) is 0 Å². The van der Waals surface area contributed by atoms with Crippen molar-refractivity contribution in [3.63, 3.8) is 0 Å². The van der Waals surface area contributed by atoms with Gasteiger partial charge in [0.15, 0.2) is 5.82 Å². The first kappa shape index (κ1) is 12.3. The summed E-state index contributed by atoms with van der Waals surface area (Å²) in [7, 11) is 0. The van der Waals surface area contributed by atoms with E-state index in [1.807, 2.05) is 48.5 Å². The monoisotopic (exact) mass is 290 g/mol. The molecule has 3 heteroatoms. The van der Waals surface area contributed by atoms with Crippen LogP contribution in [0.15, 0.2) is 66.7 Å². The van der Waals surface area contributed by atoms with Gasteiger partial charge in [-0.1, -0.05) is 66.2 Å². The highest BCUT2D eigenvalue weighted by atomic mass is 35.5. The van der Waals surface area contributed by atoms with Crippen LogP contribution in [0.5, 0.6) is 0 Å². The van der Waals surface area contributed by atoms with Crippen molar-refractivity contribution < 1.29 is 0 Å². The highest BCUT2D eigenvalue weighted by Crippen LogP contribution is 2.29. The molecule has 4 rings (SSSR count). The third-order valence-corrected chi connectivity index (χ3v) is 3.88. The average Bonchev–Trinajstić information content (AvgIpc) is 2.54. The van der Waals surface area contributed by atoms with E-state index in [2.05, 4.69) is 28.2 Å². The van der Waals surface area contributed by atoms with Gasteiger partial charge in [-0.2, -0.15) is 0 Å². The standard InChI is InChI=1S/C18H11ClN2/c19-17-15-9-3-4-11-16(15)20-18(21-17)14-10-5-7-12-6-1-2-8-13(12)14/h1-11H. The quantitative estimate of drug-likeness (QED) is 0.456. The highest BCUT2D eigenvalue weighted by molar-refractivity contribution is 6.34. The average molecular weight is 291 g/mol. The first-order valence-corrected chi connectivity index (χ1v) is 7.11. The van der Waals surface area contributed by atoms with Crippen LogP contribution in [0.3, 0.4) is 0 Å². The van der Waals surface area contributed by atoms with Crippen molar-refractivity contribution in [1.29, 1.82) is 0 Å². The molecule has 1 aromatic heterocycles. The lowest BCUT2D eigenvalue weighted by Crippen LogP contribution is -1.92. The van der Waals surface area contributed by atoms with Crippen LogP contribution in [0.25, 0.3) is 33.1 Å². The van der Waals surface area contributed by atoms with Crippen molar-refractivity contribution >= 4 is 33.3 Å². The normalized spacial score (nSPS) is 11.1. The lowest BCUT2D eigenvalue weighted by atomic mass is 10.0. The molecule has 0 spiro atoms. The van der Waals surface area contributed by atoms with Crippen LogP contribution in [-0.2, 0) is 0 Å². The number of rotatable bonds is 1. The zero-order chi connectivity index (χ0) is 14.2. The Morgan fingerprint density at radius 3 is 2.29 bits per heavy atom. The minimum absolute atomic E-state index is 0.489. The summed E-state index contributed by atoms with van der Waals surface area (Å²) in [5.41, 5.74) is 1.86. The van der Waals surface area contributed by atoms with E-state index in [1.165, 1.54) is 5.39 Å². The van der Waals surface area contributed by atoms with Gasteiger partial charge in [0, 0.05) is 10.9 Å². The van der Waals surface area contributed by atoms with E-state index < -0.39 is 0 Å². The molecule has 0 amide bonds. The number of aromatic nitrogens is 2. The predicted octanol–water partition coefficient (Wildman–Crippen LogP) is 5.10. The summed E-state index contributed by atoms with van der Waals surface area (Å²) in [5, 5.41) is 3.67. The van der Waals surface area contributed by atoms with Gasteiger partial charge in [0.05, 0.1) is 5.52 Å². The van der Waals surface area contributed by atoms with Crippen LogP contribution in [-0.4, -0.2) is 9.97 Å². The first-order valence-electron chi connectivity index (χ1n) is 6.73. The van der Waals surface area contributed by atoms with Gasteiger partial charge in [-0.25, -0.2) is 9.97 Å². The fraction of sp³-hybridized carbons (Fsp3) is 0. The maximum Gasteiger partial charge on any atom is 0.162 e. The second-order valence-corrected chi connectivity index (χ2v) is 5.24. The van der Waals surface area contributed by atoms with E-state index in [4.69, 9.17) is 11.6 Å². The Morgan fingerprint density at radius 2 is 1.38 bits per heavy atom. The summed E-state index contributed by atoms with van der Waals surface area (Å²) in [4.78, 5) is 9.14. The van der Waals surface area contributed by atoms with Crippen LogP contribution in [0.4, 0.5) is 0 Å². The molecule has 0 N–H and O–H groups in total. The molecule has 0 saturated carbocycles. The minimum atomic E-state index is 0.489. The van der Waals surface area contributed by atoms with E-state index in [0.29, 0.717) is 11.0 Å². The van der Waals surface area contributed by atoms with Crippen LogP contribution < -0.4 is 0 Å². The molecule has 0 aliphatic carbocycles. The molecule has 0 atom stereocenters. The number of hydrogen-bond acceptors (Lipinski definition) is 2. The molecule has 0 bridgehead atoms.